The van der Waals surface area contributed by atoms with Crippen LogP contribution < -0.4 is 5.73 Å². The molecule has 1 aromatic carbocycles. The quantitative estimate of drug-likeness (QED) is 0.768. The monoisotopic (exact) mass is 243 g/mol. The van der Waals surface area contributed by atoms with Gasteiger partial charge in [-0.3, -0.25) is 0 Å². The molecule has 3 aromatic rings. The van der Waals surface area contributed by atoms with E-state index in [2.05, 4.69) is 45.4 Å². The lowest BCUT2D eigenvalue weighted by Crippen LogP contribution is -1.98. The van der Waals surface area contributed by atoms with Crippen LogP contribution in [-0.4, -0.2) is 9.55 Å². The van der Waals surface area contributed by atoms with Crippen molar-refractivity contribution in [3.05, 3.63) is 52.6 Å². The molecule has 86 valence electrons. The Balaban J connectivity index is 2.10. The van der Waals surface area contributed by atoms with Crippen molar-refractivity contribution in [1.29, 1.82) is 0 Å². The highest BCUT2D eigenvalue weighted by Crippen LogP contribution is 2.21. The average molecular weight is 243 g/mol. The first-order chi connectivity index (χ1) is 8.38. The van der Waals surface area contributed by atoms with Gasteiger partial charge in [-0.15, -0.1) is 11.3 Å². The molecule has 0 aliphatic heterocycles. The van der Waals surface area contributed by atoms with Gasteiger partial charge >= 0.3 is 0 Å². The number of hydrogen-bond donors (Lipinski definition) is 1. The summed E-state index contributed by atoms with van der Waals surface area (Å²) in [7, 11) is 0. The van der Waals surface area contributed by atoms with Crippen LogP contribution in [0.25, 0.3) is 10.9 Å². The molecule has 0 amide bonds. The Hall–Kier alpha value is -1.65. The van der Waals surface area contributed by atoms with Crippen molar-refractivity contribution < 1.29 is 0 Å². The summed E-state index contributed by atoms with van der Waals surface area (Å²) in [6, 6.07) is 8.35. The van der Waals surface area contributed by atoms with Crippen molar-refractivity contribution in [2.75, 3.05) is 0 Å². The maximum absolute atomic E-state index is 5.78. The molecule has 2 N–H and O–H groups in total. The van der Waals surface area contributed by atoms with Gasteiger partial charge in [-0.05, 0) is 11.6 Å². The van der Waals surface area contributed by atoms with E-state index in [0.717, 1.165) is 12.2 Å². The molecule has 3 rings (SSSR count). The zero-order valence-electron chi connectivity index (χ0n) is 9.34. The molecule has 2 aromatic heterocycles. The molecule has 0 fully saturated rings. The van der Waals surface area contributed by atoms with Crippen LogP contribution in [0, 0.1) is 0 Å². The normalized spacial score (nSPS) is 11.1. The van der Waals surface area contributed by atoms with Gasteiger partial charge < -0.3 is 10.3 Å². The molecule has 0 saturated carbocycles. The van der Waals surface area contributed by atoms with Gasteiger partial charge in [-0.2, -0.15) is 0 Å². The number of para-hydroxylation sites is 1. The van der Waals surface area contributed by atoms with Crippen LogP contribution >= 0.6 is 11.3 Å². The summed E-state index contributed by atoms with van der Waals surface area (Å²) in [5.41, 5.74) is 11.2. The largest absolute Gasteiger partial charge is 0.341 e. The fourth-order valence-electron chi connectivity index (χ4n) is 2.11. The van der Waals surface area contributed by atoms with Crippen molar-refractivity contribution in [3.8, 4) is 0 Å². The van der Waals surface area contributed by atoms with Gasteiger partial charge in [-0.1, -0.05) is 18.2 Å². The summed E-state index contributed by atoms with van der Waals surface area (Å²) in [5.74, 6) is 0. The Kier molecular flexibility index (Phi) is 2.66. The predicted molar refractivity (Wildman–Crippen MR) is 71.0 cm³/mol. The van der Waals surface area contributed by atoms with Crippen molar-refractivity contribution in [2.45, 2.75) is 13.1 Å². The fraction of sp³-hybridized carbons (Fsp3) is 0.154. The Labute approximate surface area is 104 Å². The number of fused-ring (bicyclic) bond motifs is 1. The Morgan fingerprint density at radius 1 is 1.29 bits per heavy atom. The predicted octanol–water partition coefficient (Wildman–Crippen LogP) is 2.60. The summed E-state index contributed by atoms with van der Waals surface area (Å²) < 4.78 is 2.21. The number of nitrogens with zero attached hydrogens (tertiary/aromatic N) is 2. The minimum absolute atomic E-state index is 0.574. The molecule has 17 heavy (non-hydrogen) atoms. The van der Waals surface area contributed by atoms with E-state index < -0.39 is 0 Å². The minimum Gasteiger partial charge on any atom is -0.341 e. The van der Waals surface area contributed by atoms with E-state index in [1.54, 1.807) is 11.3 Å². The molecule has 0 aliphatic carbocycles. The van der Waals surface area contributed by atoms with E-state index in [9.17, 15) is 0 Å². The molecular formula is C13H13N3S. The molecule has 0 unspecified atom stereocenters. The van der Waals surface area contributed by atoms with Crippen LogP contribution in [0.1, 0.15) is 11.3 Å². The zero-order valence-corrected chi connectivity index (χ0v) is 10.2. The summed E-state index contributed by atoms with van der Waals surface area (Å²) in [6.45, 7) is 1.38. The highest BCUT2D eigenvalue weighted by Gasteiger charge is 2.07. The first-order valence-electron chi connectivity index (χ1n) is 5.52. The van der Waals surface area contributed by atoms with Gasteiger partial charge in [0.1, 0.15) is 0 Å². The third-order valence-electron chi connectivity index (χ3n) is 2.91. The van der Waals surface area contributed by atoms with Gasteiger partial charge in [0.05, 0.1) is 17.7 Å². The topological polar surface area (TPSA) is 43.8 Å². The molecule has 0 spiro atoms. The second-order valence-corrected chi connectivity index (χ2v) is 4.70. The van der Waals surface area contributed by atoms with Gasteiger partial charge in [0.15, 0.2) is 0 Å². The summed E-state index contributed by atoms with van der Waals surface area (Å²) >= 11 is 1.63. The molecule has 0 radical (unpaired) electrons. The number of rotatable bonds is 3. The molecule has 0 saturated heterocycles. The lowest BCUT2D eigenvalue weighted by molar-refractivity contribution is 0.808. The molecular weight excluding hydrogens is 230 g/mol. The lowest BCUT2D eigenvalue weighted by atomic mass is 10.2. The van der Waals surface area contributed by atoms with Crippen molar-refractivity contribution in [2.24, 2.45) is 5.73 Å². The third kappa shape index (κ3) is 1.85. The number of aromatic nitrogens is 2. The highest BCUT2D eigenvalue weighted by atomic mass is 32.1. The van der Waals surface area contributed by atoms with E-state index in [0.29, 0.717) is 6.54 Å². The van der Waals surface area contributed by atoms with Gasteiger partial charge in [0.2, 0.25) is 0 Å². The van der Waals surface area contributed by atoms with Crippen LogP contribution in [0.4, 0.5) is 0 Å². The van der Waals surface area contributed by atoms with Crippen LogP contribution in [0.15, 0.2) is 41.4 Å². The Bertz CT molecular complexity index is 625. The second kappa shape index (κ2) is 4.31. The summed E-state index contributed by atoms with van der Waals surface area (Å²) in [5, 5.41) is 3.32. The summed E-state index contributed by atoms with van der Waals surface area (Å²) in [6.07, 6.45) is 2.13. The Morgan fingerprint density at radius 3 is 2.94 bits per heavy atom. The molecule has 0 atom stereocenters. The van der Waals surface area contributed by atoms with E-state index in [4.69, 9.17) is 5.73 Å². The fourth-order valence-corrected chi connectivity index (χ4v) is 2.66. The zero-order chi connectivity index (χ0) is 11.7. The van der Waals surface area contributed by atoms with Crippen LogP contribution in [0.2, 0.25) is 0 Å². The van der Waals surface area contributed by atoms with Crippen LogP contribution in [-0.2, 0) is 13.1 Å². The standard InChI is InChI=1S/C13H13N3S/c14-5-10-6-16(7-11-8-17-9-15-11)13-4-2-1-3-12(10)13/h1-4,6,8-9H,5,7,14H2. The molecule has 0 aliphatic rings. The average Bonchev–Trinajstić information content (AvgIpc) is 2.98. The number of thiazole rings is 1. The number of benzene rings is 1. The maximum atomic E-state index is 5.78. The summed E-state index contributed by atoms with van der Waals surface area (Å²) in [4.78, 5) is 4.32. The molecule has 4 heteroatoms. The lowest BCUT2D eigenvalue weighted by Gasteiger charge is -2.01. The SMILES string of the molecule is NCc1cn(Cc2cscn2)c2ccccc12. The van der Waals surface area contributed by atoms with Crippen molar-refractivity contribution in [3.63, 3.8) is 0 Å². The maximum Gasteiger partial charge on any atom is 0.0795 e. The smallest absolute Gasteiger partial charge is 0.0795 e. The first-order valence-corrected chi connectivity index (χ1v) is 6.46. The van der Waals surface area contributed by atoms with Crippen LogP contribution in [0.5, 0.6) is 0 Å². The Morgan fingerprint density at radius 2 is 2.18 bits per heavy atom. The van der Waals surface area contributed by atoms with Gasteiger partial charge in [0, 0.05) is 29.0 Å². The van der Waals surface area contributed by atoms with Gasteiger partial charge in [-0.25, -0.2) is 4.98 Å². The van der Waals surface area contributed by atoms with E-state index >= 15 is 0 Å². The first kappa shape index (κ1) is 10.5. The minimum atomic E-state index is 0.574. The van der Waals surface area contributed by atoms with E-state index in [-0.39, 0.29) is 0 Å². The van der Waals surface area contributed by atoms with E-state index in [1.807, 2.05) is 5.51 Å². The third-order valence-corrected chi connectivity index (χ3v) is 3.54. The van der Waals surface area contributed by atoms with E-state index in [1.165, 1.54) is 16.5 Å². The van der Waals surface area contributed by atoms with Crippen molar-refractivity contribution in [1.82, 2.24) is 9.55 Å². The van der Waals surface area contributed by atoms with Crippen LogP contribution in [0.3, 0.4) is 0 Å². The second-order valence-electron chi connectivity index (χ2n) is 3.98. The number of hydrogen-bond acceptors (Lipinski definition) is 3. The number of nitrogens with two attached hydrogens (primary N) is 1. The van der Waals surface area contributed by atoms with Gasteiger partial charge in [0.25, 0.3) is 0 Å². The highest BCUT2D eigenvalue weighted by molar-refractivity contribution is 7.07. The molecule has 2 heterocycles. The molecule has 0 bridgehead atoms. The van der Waals surface area contributed by atoms with Crippen molar-refractivity contribution >= 4 is 22.2 Å². The molecule has 3 nitrogen and oxygen atoms in total.